The molecule has 0 aliphatic carbocycles. The van der Waals surface area contributed by atoms with Crippen LogP contribution in [-0.4, -0.2) is 37.6 Å². The van der Waals surface area contributed by atoms with Crippen molar-refractivity contribution in [2.24, 2.45) is 0 Å². The number of carbonyl (C=O) groups is 1. The second-order valence-electron chi connectivity index (χ2n) is 5.02. The number of nitrogens with zero attached hydrogens (tertiary/aromatic N) is 1. The van der Waals surface area contributed by atoms with E-state index in [9.17, 15) is 4.79 Å². The number of ether oxygens (including phenoxy) is 2. The Morgan fingerprint density at radius 2 is 1.96 bits per heavy atom. The third kappa shape index (κ3) is 5.36. The van der Waals surface area contributed by atoms with Crippen molar-refractivity contribution in [2.45, 2.75) is 19.8 Å². The fourth-order valence-corrected chi connectivity index (χ4v) is 2.32. The van der Waals surface area contributed by atoms with Crippen molar-refractivity contribution in [3.63, 3.8) is 0 Å². The van der Waals surface area contributed by atoms with E-state index in [1.165, 1.54) is 0 Å². The largest absolute Gasteiger partial charge is 0.493 e. The van der Waals surface area contributed by atoms with Gasteiger partial charge in [0.2, 0.25) is 5.91 Å². The molecule has 1 aromatic rings. The van der Waals surface area contributed by atoms with Crippen molar-refractivity contribution in [2.75, 3.05) is 32.5 Å². The van der Waals surface area contributed by atoms with Gasteiger partial charge in [-0.3, -0.25) is 4.79 Å². The van der Waals surface area contributed by atoms with Gasteiger partial charge in [-0.1, -0.05) is 12.2 Å². The summed E-state index contributed by atoms with van der Waals surface area (Å²) in [7, 11) is 1.57. The van der Waals surface area contributed by atoms with Gasteiger partial charge in [-0.25, -0.2) is 0 Å². The molecule has 0 heterocycles. The van der Waals surface area contributed by atoms with Gasteiger partial charge in [-0.15, -0.1) is 13.2 Å². The second-order valence-corrected chi connectivity index (χ2v) is 5.02. The molecule has 23 heavy (non-hydrogen) atoms. The molecule has 0 aliphatic rings. The Hall–Kier alpha value is -2.43. The number of hydrogen-bond acceptors (Lipinski definition) is 4. The molecule has 0 saturated carbocycles. The van der Waals surface area contributed by atoms with E-state index >= 15 is 0 Å². The van der Waals surface area contributed by atoms with Gasteiger partial charge in [0, 0.05) is 36.8 Å². The smallest absolute Gasteiger partial charge is 0.223 e. The van der Waals surface area contributed by atoms with E-state index in [0.29, 0.717) is 49.7 Å². The quantitative estimate of drug-likeness (QED) is 0.532. The lowest BCUT2D eigenvalue weighted by atomic mass is 10.1. The van der Waals surface area contributed by atoms with Crippen LogP contribution in [0.1, 0.15) is 18.9 Å². The van der Waals surface area contributed by atoms with Crippen LogP contribution < -0.4 is 15.2 Å². The Bertz CT molecular complexity index is 545. The highest BCUT2D eigenvalue weighted by Crippen LogP contribution is 2.34. The van der Waals surface area contributed by atoms with Crippen molar-refractivity contribution < 1.29 is 14.3 Å². The molecule has 5 nitrogen and oxygen atoms in total. The third-order valence-corrected chi connectivity index (χ3v) is 3.32. The molecule has 0 spiro atoms. The Morgan fingerprint density at radius 1 is 1.30 bits per heavy atom. The van der Waals surface area contributed by atoms with Crippen LogP contribution in [0, 0.1) is 0 Å². The number of methoxy groups -OCH3 is 1. The van der Waals surface area contributed by atoms with Crippen LogP contribution in [0.2, 0.25) is 0 Å². The van der Waals surface area contributed by atoms with Gasteiger partial charge in [0.1, 0.15) is 0 Å². The normalized spacial score (nSPS) is 10.0. The van der Waals surface area contributed by atoms with E-state index in [1.807, 2.05) is 13.0 Å². The van der Waals surface area contributed by atoms with Gasteiger partial charge < -0.3 is 20.1 Å². The number of carbonyl (C=O) groups excluding carboxylic acids is 1. The number of aryl methyl sites for hydroxylation is 1. The Balaban J connectivity index is 2.90. The van der Waals surface area contributed by atoms with Gasteiger partial charge in [0.15, 0.2) is 11.5 Å². The first kappa shape index (κ1) is 18.6. The molecule has 0 aromatic heterocycles. The summed E-state index contributed by atoms with van der Waals surface area (Å²) in [5.74, 6) is 1.27. The first-order valence-electron chi connectivity index (χ1n) is 7.66. The molecule has 1 amide bonds. The van der Waals surface area contributed by atoms with Crippen molar-refractivity contribution in [3.05, 3.63) is 43.0 Å². The van der Waals surface area contributed by atoms with Crippen molar-refractivity contribution in [1.82, 2.24) is 4.90 Å². The maximum Gasteiger partial charge on any atom is 0.223 e. The molecule has 126 valence electrons. The van der Waals surface area contributed by atoms with E-state index in [0.717, 1.165) is 5.56 Å². The average molecular weight is 318 g/mol. The summed E-state index contributed by atoms with van der Waals surface area (Å²) in [6.07, 6.45) is 4.29. The fourth-order valence-electron chi connectivity index (χ4n) is 2.32. The van der Waals surface area contributed by atoms with Gasteiger partial charge >= 0.3 is 0 Å². The summed E-state index contributed by atoms with van der Waals surface area (Å²) < 4.78 is 11.0. The van der Waals surface area contributed by atoms with E-state index in [1.54, 1.807) is 30.2 Å². The first-order chi connectivity index (χ1) is 11.1. The lowest BCUT2D eigenvalue weighted by Crippen LogP contribution is -2.31. The molecular weight excluding hydrogens is 292 g/mol. The minimum Gasteiger partial charge on any atom is -0.493 e. The number of nitrogen functional groups attached to an aromatic ring is 1. The topological polar surface area (TPSA) is 64.8 Å². The number of amides is 1. The molecule has 0 atom stereocenters. The zero-order valence-electron chi connectivity index (χ0n) is 14.0. The summed E-state index contributed by atoms with van der Waals surface area (Å²) in [6.45, 7) is 10.8. The van der Waals surface area contributed by atoms with Crippen LogP contribution in [0.25, 0.3) is 0 Å². The van der Waals surface area contributed by atoms with E-state index in [-0.39, 0.29) is 5.91 Å². The molecule has 2 N–H and O–H groups in total. The third-order valence-electron chi connectivity index (χ3n) is 3.32. The predicted octanol–water partition coefficient (Wildman–Crippen LogP) is 2.81. The zero-order valence-corrected chi connectivity index (χ0v) is 14.0. The summed E-state index contributed by atoms with van der Waals surface area (Å²) in [5.41, 5.74) is 7.36. The molecule has 0 aliphatic heterocycles. The zero-order chi connectivity index (χ0) is 17.2. The number of hydrogen-bond donors (Lipinski definition) is 1. The first-order valence-corrected chi connectivity index (χ1v) is 7.66. The molecule has 0 fully saturated rings. The number of rotatable bonds is 10. The lowest BCUT2D eigenvalue weighted by Gasteiger charge is -2.20. The number of nitrogens with two attached hydrogens (primary N) is 1. The number of anilines is 1. The highest BCUT2D eigenvalue weighted by atomic mass is 16.5. The van der Waals surface area contributed by atoms with Gasteiger partial charge in [-0.2, -0.15) is 0 Å². The summed E-state index contributed by atoms with van der Waals surface area (Å²) in [4.78, 5) is 14.0. The fraction of sp³-hybridized carbons (Fsp3) is 0.389. The van der Waals surface area contributed by atoms with Crippen LogP contribution in [0.3, 0.4) is 0 Å². The van der Waals surface area contributed by atoms with Crippen molar-refractivity contribution in [1.29, 1.82) is 0 Å². The summed E-state index contributed by atoms with van der Waals surface area (Å²) >= 11 is 0. The molecule has 0 unspecified atom stereocenters. The molecule has 0 saturated heterocycles. The molecular formula is C18H26N2O3. The summed E-state index contributed by atoms with van der Waals surface area (Å²) in [6, 6.07) is 3.55. The van der Waals surface area contributed by atoms with Gasteiger partial charge in [0.25, 0.3) is 0 Å². The standard InChI is InChI=1S/C18H26N2O3/c1-5-10-20(11-6-2)17(21)9-8-14-12-15(19)13-16(22-4)18(14)23-7-3/h5-6,12-13H,1-2,7-11,19H2,3-4H3. The monoisotopic (exact) mass is 318 g/mol. The van der Waals surface area contributed by atoms with Crippen LogP contribution in [0.15, 0.2) is 37.4 Å². The molecule has 5 heteroatoms. The molecule has 0 bridgehead atoms. The van der Waals surface area contributed by atoms with E-state index in [4.69, 9.17) is 15.2 Å². The molecule has 1 rings (SSSR count). The highest BCUT2D eigenvalue weighted by molar-refractivity contribution is 5.77. The maximum absolute atomic E-state index is 12.3. The van der Waals surface area contributed by atoms with Crippen molar-refractivity contribution in [3.8, 4) is 11.5 Å². The number of benzene rings is 1. The van der Waals surface area contributed by atoms with E-state index < -0.39 is 0 Å². The van der Waals surface area contributed by atoms with Gasteiger partial charge in [-0.05, 0) is 19.4 Å². The maximum atomic E-state index is 12.3. The van der Waals surface area contributed by atoms with Crippen LogP contribution in [0.5, 0.6) is 11.5 Å². The van der Waals surface area contributed by atoms with Crippen LogP contribution in [-0.2, 0) is 11.2 Å². The summed E-state index contributed by atoms with van der Waals surface area (Å²) in [5, 5.41) is 0. The Labute approximate surface area is 138 Å². The predicted molar refractivity (Wildman–Crippen MR) is 93.9 cm³/mol. The lowest BCUT2D eigenvalue weighted by molar-refractivity contribution is -0.130. The van der Waals surface area contributed by atoms with Crippen LogP contribution >= 0.6 is 0 Å². The molecule has 1 aromatic carbocycles. The molecule has 0 radical (unpaired) electrons. The highest BCUT2D eigenvalue weighted by Gasteiger charge is 2.16. The van der Waals surface area contributed by atoms with Crippen LogP contribution in [0.4, 0.5) is 5.69 Å². The minimum atomic E-state index is 0.0358. The van der Waals surface area contributed by atoms with Crippen molar-refractivity contribution >= 4 is 11.6 Å². The van der Waals surface area contributed by atoms with E-state index in [2.05, 4.69) is 13.2 Å². The van der Waals surface area contributed by atoms with Gasteiger partial charge in [0.05, 0.1) is 13.7 Å². The second kappa shape index (κ2) is 9.56. The average Bonchev–Trinajstić information content (AvgIpc) is 2.54. The minimum absolute atomic E-state index is 0.0358. The Morgan fingerprint density at radius 3 is 2.48 bits per heavy atom. The SMILES string of the molecule is C=CCN(CC=C)C(=O)CCc1cc(N)cc(OC)c1OCC. The Kier molecular flexibility index (Phi) is 7.74.